The Kier molecular flexibility index (Phi) is 8.21. The third kappa shape index (κ3) is 6.50. The van der Waals surface area contributed by atoms with Crippen molar-refractivity contribution in [1.29, 1.82) is 0 Å². The van der Waals surface area contributed by atoms with Crippen molar-refractivity contribution in [2.45, 2.75) is 76.7 Å². The number of nitrogens with one attached hydrogen (secondary N) is 1. The molecule has 1 aliphatic carbocycles. The van der Waals surface area contributed by atoms with E-state index in [9.17, 15) is 4.79 Å². The number of fused-ring (bicyclic) bond motifs is 1. The van der Waals surface area contributed by atoms with Crippen LogP contribution in [0.15, 0.2) is 42.7 Å². The summed E-state index contributed by atoms with van der Waals surface area (Å²) in [6.45, 7) is 2.21. The fourth-order valence-electron chi connectivity index (χ4n) is 5.03. The lowest BCUT2D eigenvalue weighted by molar-refractivity contribution is -0.122. The zero-order valence-electron chi connectivity index (χ0n) is 21.2. The van der Waals surface area contributed by atoms with Crippen LogP contribution in [0.1, 0.15) is 70.3 Å². The molecule has 186 valence electrons. The van der Waals surface area contributed by atoms with Crippen LogP contribution in [0.2, 0.25) is 0 Å². The van der Waals surface area contributed by atoms with Crippen LogP contribution >= 0.6 is 0 Å². The number of benzene rings is 1. The van der Waals surface area contributed by atoms with Crippen molar-refractivity contribution in [3.8, 4) is 22.8 Å². The number of ether oxygens (including phenoxy) is 2. The van der Waals surface area contributed by atoms with Crippen LogP contribution in [0.4, 0.5) is 0 Å². The molecule has 0 aliphatic heterocycles. The molecule has 1 fully saturated rings. The van der Waals surface area contributed by atoms with Crippen LogP contribution in [-0.4, -0.2) is 35.6 Å². The van der Waals surface area contributed by atoms with E-state index in [0.717, 1.165) is 40.6 Å². The molecule has 1 N–H and O–H groups in total. The highest BCUT2D eigenvalue weighted by atomic mass is 16.5. The average molecular weight is 476 g/mol. The molecule has 1 saturated carbocycles. The lowest BCUT2D eigenvalue weighted by Crippen LogP contribution is -2.46. The number of carbonyl (C=O) groups excluding carboxylic acids is 1. The Bertz CT molecular complexity index is 1130. The Hall–Kier alpha value is -3.15. The van der Waals surface area contributed by atoms with Gasteiger partial charge in [0.1, 0.15) is 0 Å². The SMILES string of the molecule is COc1cc2cc(-c3ccc(CC(=O)NC4(C)CCCCCCCCC4)cn3)cnc2cc1OC. The highest BCUT2D eigenvalue weighted by Gasteiger charge is 2.26. The van der Waals surface area contributed by atoms with Gasteiger partial charge in [-0.1, -0.05) is 51.0 Å². The fourth-order valence-corrected chi connectivity index (χ4v) is 5.03. The quantitative estimate of drug-likeness (QED) is 0.456. The van der Waals surface area contributed by atoms with E-state index in [0.29, 0.717) is 17.9 Å². The normalized spacial score (nSPS) is 16.4. The first-order valence-electron chi connectivity index (χ1n) is 12.8. The average Bonchev–Trinajstić information content (AvgIpc) is 2.87. The van der Waals surface area contributed by atoms with Gasteiger partial charge in [-0.15, -0.1) is 0 Å². The maximum atomic E-state index is 12.9. The molecule has 1 amide bonds. The Morgan fingerprint density at radius 2 is 1.54 bits per heavy atom. The standard InChI is InChI=1S/C29H37N3O3/c1-29(13-9-7-5-4-6-8-10-14-29)32-28(33)15-21-11-12-24(30-19-21)23-16-22-17-26(34-2)27(35-3)18-25(22)31-20-23/h11-12,16-20H,4-10,13-15H2,1-3H3,(H,32,33). The summed E-state index contributed by atoms with van der Waals surface area (Å²) in [5, 5.41) is 4.30. The third-order valence-electron chi connectivity index (χ3n) is 7.07. The van der Waals surface area contributed by atoms with E-state index in [-0.39, 0.29) is 11.4 Å². The molecule has 0 saturated heterocycles. The second-order valence-electron chi connectivity index (χ2n) is 9.94. The van der Waals surface area contributed by atoms with Gasteiger partial charge < -0.3 is 14.8 Å². The predicted octanol–water partition coefficient (Wildman–Crippen LogP) is 6.26. The molecule has 1 aromatic carbocycles. The Labute approximate surface area is 208 Å². The van der Waals surface area contributed by atoms with Crippen LogP contribution in [-0.2, 0) is 11.2 Å². The van der Waals surface area contributed by atoms with Crippen LogP contribution < -0.4 is 14.8 Å². The first-order valence-corrected chi connectivity index (χ1v) is 12.8. The number of nitrogens with zero attached hydrogens (tertiary/aromatic N) is 2. The van der Waals surface area contributed by atoms with Gasteiger partial charge in [-0.05, 0) is 43.5 Å². The molecule has 1 aliphatic rings. The van der Waals surface area contributed by atoms with Crippen molar-refractivity contribution in [3.63, 3.8) is 0 Å². The first kappa shape index (κ1) is 25.0. The highest BCUT2D eigenvalue weighted by molar-refractivity contribution is 5.86. The van der Waals surface area contributed by atoms with E-state index in [1.807, 2.05) is 36.5 Å². The maximum absolute atomic E-state index is 12.9. The molecule has 6 heteroatoms. The van der Waals surface area contributed by atoms with Crippen molar-refractivity contribution in [2.75, 3.05) is 14.2 Å². The predicted molar refractivity (Wildman–Crippen MR) is 140 cm³/mol. The van der Waals surface area contributed by atoms with Gasteiger partial charge >= 0.3 is 0 Å². The number of methoxy groups -OCH3 is 2. The van der Waals surface area contributed by atoms with E-state index in [1.54, 1.807) is 20.4 Å². The number of hydrogen-bond acceptors (Lipinski definition) is 5. The zero-order valence-corrected chi connectivity index (χ0v) is 21.2. The summed E-state index contributed by atoms with van der Waals surface area (Å²) in [7, 11) is 3.24. The van der Waals surface area contributed by atoms with Gasteiger partial charge in [0.2, 0.25) is 5.91 Å². The van der Waals surface area contributed by atoms with Gasteiger partial charge in [-0.2, -0.15) is 0 Å². The number of amides is 1. The Morgan fingerprint density at radius 3 is 2.17 bits per heavy atom. The molecule has 2 aromatic heterocycles. The maximum Gasteiger partial charge on any atom is 0.224 e. The topological polar surface area (TPSA) is 73.3 Å². The van der Waals surface area contributed by atoms with E-state index >= 15 is 0 Å². The van der Waals surface area contributed by atoms with Gasteiger partial charge in [-0.3, -0.25) is 14.8 Å². The van der Waals surface area contributed by atoms with E-state index in [4.69, 9.17) is 9.47 Å². The van der Waals surface area contributed by atoms with Gasteiger partial charge in [0, 0.05) is 34.9 Å². The molecular formula is C29H37N3O3. The van der Waals surface area contributed by atoms with Crippen molar-refractivity contribution in [2.24, 2.45) is 0 Å². The van der Waals surface area contributed by atoms with Crippen LogP contribution in [0.3, 0.4) is 0 Å². The van der Waals surface area contributed by atoms with Crippen molar-refractivity contribution < 1.29 is 14.3 Å². The largest absolute Gasteiger partial charge is 0.493 e. The Balaban J connectivity index is 1.42. The second-order valence-corrected chi connectivity index (χ2v) is 9.94. The highest BCUT2D eigenvalue weighted by Crippen LogP contribution is 2.33. The molecule has 0 bridgehead atoms. The molecule has 35 heavy (non-hydrogen) atoms. The van der Waals surface area contributed by atoms with Gasteiger partial charge in [0.15, 0.2) is 11.5 Å². The van der Waals surface area contributed by atoms with Gasteiger partial charge in [0.05, 0.1) is 31.9 Å². The van der Waals surface area contributed by atoms with Crippen molar-refractivity contribution >= 4 is 16.8 Å². The smallest absolute Gasteiger partial charge is 0.224 e. The van der Waals surface area contributed by atoms with Crippen molar-refractivity contribution in [3.05, 3.63) is 48.3 Å². The summed E-state index contributed by atoms with van der Waals surface area (Å²) in [6.07, 6.45) is 14.9. The molecule has 4 rings (SSSR count). The molecule has 6 nitrogen and oxygen atoms in total. The molecule has 2 heterocycles. The number of aromatic nitrogens is 2. The lowest BCUT2D eigenvalue weighted by atomic mass is 9.86. The van der Waals surface area contributed by atoms with E-state index in [2.05, 4.69) is 22.2 Å². The minimum absolute atomic E-state index is 0.0764. The van der Waals surface area contributed by atoms with Crippen LogP contribution in [0.5, 0.6) is 11.5 Å². The number of pyridine rings is 2. The fraction of sp³-hybridized carbons (Fsp3) is 0.483. The summed E-state index contributed by atoms with van der Waals surface area (Å²) in [5.41, 5.74) is 3.36. The summed E-state index contributed by atoms with van der Waals surface area (Å²) < 4.78 is 10.8. The summed E-state index contributed by atoms with van der Waals surface area (Å²) in [5.74, 6) is 1.39. The Morgan fingerprint density at radius 1 is 0.886 bits per heavy atom. The second kappa shape index (κ2) is 11.5. The summed E-state index contributed by atoms with van der Waals surface area (Å²) >= 11 is 0. The molecule has 3 aromatic rings. The molecule has 0 radical (unpaired) electrons. The number of rotatable bonds is 6. The minimum atomic E-state index is -0.109. The summed E-state index contributed by atoms with van der Waals surface area (Å²) in [4.78, 5) is 22.1. The molecular weight excluding hydrogens is 438 g/mol. The zero-order chi connectivity index (χ0) is 24.7. The van der Waals surface area contributed by atoms with E-state index in [1.165, 1.54) is 44.9 Å². The van der Waals surface area contributed by atoms with Gasteiger partial charge in [0.25, 0.3) is 0 Å². The number of carbonyl (C=O) groups is 1. The van der Waals surface area contributed by atoms with Crippen molar-refractivity contribution in [1.82, 2.24) is 15.3 Å². The first-order chi connectivity index (χ1) is 17.0. The molecule has 0 spiro atoms. The van der Waals surface area contributed by atoms with Crippen LogP contribution in [0, 0.1) is 0 Å². The molecule has 0 atom stereocenters. The third-order valence-corrected chi connectivity index (χ3v) is 7.07. The van der Waals surface area contributed by atoms with Gasteiger partial charge in [-0.25, -0.2) is 0 Å². The molecule has 0 unspecified atom stereocenters. The van der Waals surface area contributed by atoms with E-state index < -0.39 is 0 Å². The minimum Gasteiger partial charge on any atom is -0.493 e. The lowest BCUT2D eigenvalue weighted by Gasteiger charge is -2.32. The monoisotopic (exact) mass is 475 g/mol. The number of hydrogen-bond donors (Lipinski definition) is 1. The summed E-state index contributed by atoms with van der Waals surface area (Å²) in [6, 6.07) is 9.77. The van der Waals surface area contributed by atoms with Crippen LogP contribution in [0.25, 0.3) is 22.2 Å².